The van der Waals surface area contributed by atoms with E-state index in [9.17, 15) is 9.18 Å². The van der Waals surface area contributed by atoms with E-state index in [4.69, 9.17) is 9.47 Å². The van der Waals surface area contributed by atoms with Crippen LogP contribution in [0.3, 0.4) is 0 Å². The molecule has 3 nitrogen and oxygen atoms in total. The molecule has 0 saturated heterocycles. The maximum absolute atomic E-state index is 13.0. The highest BCUT2D eigenvalue weighted by atomic mass is 19.1. The first-order valence-corrected chi connectivity index (χ1v) is 7.85. The molecule has 0 aliphatic heterocycles. The van der Waals surface area contributed by atoms with Crippen molar-refractivity contribution in [2.45, 2.75) is 26.7 Å². The molecule has 0 atom stereocenters. The molecule has 0 amide bonds. The summed E-state index contributed by atoms with van der Waals surface area (Å²) in [5, 5.41) is 0. The van der Waals surface area contributed by atoms with E-state index in [1.165, 1.54) is 24.3 Å². The van der Waals surface area contributed by atoms with Crippen LogP contribution in [0.15, 0.2) is 42.5 Å². The fourth-order valence-corrected chi connectivity index (χ4v) is 2.07. The Morgan fingerprint density at radius 2 is 1.43 bits per heavy atom. The number of halogens is 1. The van der Waals surface area contributed by atoms with Crippen LogP contribution in [0.4, 0.5) is 4.39 Å². The Balaban J connectivity index is 2.27. The van der Waals surface area contributed by atoms with Crippen LogP contribution in [0.2, 0.25) is 0 Å². The molecule has 0 bridgehead atoms. The van der Waals surface area contributed by atoms with Crippen LogP contribution in [-0.4, -0.2) is 19.0 Å². The molecular weight excluding hydrogens is 295 g/mol. The van der Waals surface area contributed by atoms with Gasteiger partial charge < -0.3 is 9.47 Å². The summed E-state index contributed by atoms with van der Waals surface area (Å²) in [7, 11) is 0. The number of carbonyl (C=O) groups excluding carboxylic acids is 1. The van der Waals surface area contributed by atoms with Crippen molar-refractivity contribution in [1.82, 2.24) is 0 Å². The molecule has 2 aromatic rings. The van der Waals surface area contributed by atoms with E-state index in [0.29, 0.717) is 35.8 Å². The van der Waals surface area contributed by atoms with Crippen LogP contribution in [0, 0.1) is 5.82 Å². The molecule has 2 aromatic carbocycles. The van der Waals surface area contributed by atoms with E-state index in [1.54, 1.807) is 18.2 Å². The van der Waals surface area contributed by atoms with E-state index >= 15 is 0 Å². The van der Waals surface area contributed by atoms with Gasteiger partial charge in [-0.25, -0.2) is 4.39 Å². The van der Waals surface area contributed by atoms with Gasteiger partial charge in [-0.15, -0.1) is 0 Å². The molecule has 4 heteroatoms. The molecule has 122 valence electrons. The molecule has 0 aromatic heterocycles. The fraction of sp³-hybridized carbons (Fsp3) is 0.316. The minimum absolute atomic E-state index is 0.173. The number of ketones is 1. The minimum atomic E-state index is -0.364. The molecular formula is C19H21FO3. The van der Waals surface area contributed by atoms with Gasteiger partial charge in [-0.1, -0.05) is 13.8 Å². The molecule has 0 spiro atoms. The molecule has 0 N–H and O–H groups in total. The van der Waals surface area contributed by atoms with Crippen molar-refractivity contribution in [3.63, 3.8) is 0 Å². The number of benzene rings is 2. The zero-order valence-electron chi connectivity index (χ0n) is 13.5. The van der Waals surface area contributed by atoms with Crippen molar-refractivity contribution in [3.8, 4) is 11.5 Å². The fourth-order valence-electron chi connectivity index (χ4n) is 2.07. The second-order valence-electron chi connectivity index (χ2n) is 5.19. The summed E-state index contributed by atoms with van der Waals surface area (Å²) in [4.78, 5) is 12.5. The molecule has 0 unspecified atom stereocenters. The number of hydrogen-bond acceptors (Lipinski definition) is 3. The standard InChI is InChI=1S/C19H21FO3/c1-3-11-22-17-10-7-15(13-18(17)23-12-4-2)19(21)14-5-8-16(20)9-6-14/h5-10,13H,3-4,11-12H2,1-2H3. The number of rotatable bonds is 8. The lowest BCUT2D eigenvalue weighted by atomic mass is 10.0. The first kappa shape index (κ1) is 17.0. The average Bonchev–Trinajstić information content (AvgIpc) is 2.58. The Hall–Kier alpha value is -2.36. The van der Waals surface area contributed by atoms with Gasteiger partial charge in [0, 0.05) is 11.1 Å². The molecule has 0 saturated carbocycles. The lowest BCUT2D eigenvalue weighted by Crippen LogP contribution is -2.05. The highest BCUT2D eigenvalue weighted by Gasteiger charge is 2.13. The second kappa shape index (κ2) is 8.32. The average molecular weight is 316 g/mol. The molecule has 0 aliphatic carbocycles. The SMILES string of the molecule is CCCOc1ccc(C(=O)c2ccc(F)cc2)cc1OCCC. The van der Waals surface area contributed by atoms with Gasteiger partial charge in [-0.05, 0) is 55.3 Å². The van der Waals surface area contributed by atoms with E-state index in [1.807, 2.05) is 13.8 Å². The lowest BCUT2D eigenvalue weighted by Gasteiger charge is -2.13. The van der Waals surface area contributed by atoms with Crippen LogP contribution in [0.1, 0.15) is 42.6 Å². The normalized spacial score (nSPS) is 10.4. The summed E-state index contributed by atoms with van der Waals surface area (Å²) in [6.07, 6.45) is 1.76. The summed E-state index contributed by atoms with van der Waals surface area (Å²) in [6, 6.07) is 10.7. The number of ether oxygens (including phenoxy) is 2. The van der Waals surface area contributed by atoms with Gasteiger partial charge in [0.1, 0.15) is 5.82 Å². The van der Waals surface area contributed by atoms with Gasteiger partial charge in [0.25, 0.3) is 0 Å². The zero-order chi connectivity index (χ0) is 16.7. The van der Waals surface area contributed by atoms with Crippen LogP contribution in [0.5, 0.6) is 11.5 Å². The van der Waals surface area contributed by atoms with Crippen molar-refractivity contribution < 1.29 is 18.7 Å². The van der Waals surface area contributed by atoms with Crippen molar-refractivity contribution >= 4 is 5.78 Å². The highest BCUT2D eigenvalue weighted by Crippen LogP contribution is 2.29. The van der Waals surface area contributed by atoms with E-state index < -0.39 is 0 Å². The maximum atomic E-state index is 13.0. The van der Waals surface area contributed by atoms with Crippen molar-refractivity contribution in [3.05, 3.63) is 59.4 Å². The molecule has 0 fully saturated rings. The van der Waals surface area contributed by atoms with E-state index in [2.05, 4.69) is 0 Å². The van der Waals surface area contributed by atoms with Crippen molar-refractivity contribution in [2.75, 3.05) is 13.2 Å². The Labute approximate surface area is 136 Å². The summed E-state index contributed by atoms with van der Waals surface area (Å²) in [5.41, 5.74) is 0.932. The van der Waals surface area contributed by atoms with Crippen LogP contribution >= 0.6 is 0 Å². The summed E-state index contributed by atoms with van der Waals surface area (Å²) in [6.45, 7) is 5.18. The summed E-state index contributed by atoms with van der Waals surface area (Å²) >= 11 is 0. The zero-order valence-corrected chi connectivity index (χ0v) is 13.5. The number of hydrogen-bond donors (Lipinski definition) is 0. The quantitative estimate of drug-likeness (QED) is 0.666. The Kier molecular flexibility index (Phi) is 6.15. The monoisotopic (exact) mass is 316 g/mol. The minimum Gasteiger partial charge on any atom is -0.490 e. The van der Waals surface area contributed by atoms with Gasteiger partial charge in [0.15, 0.2) is 17.3 Å². The predicted molar refractivity (Wildman–Crippen MR) is 87.8 cm³/mol. The van der Waals surface area contributed by atoms with Gasteiger partial charge in [-0.3, -0.25) is 4.79 Å². The van der Waals surface area contributed by atoms with Crippen LogP contribution < -0.4 is 9.47 Å². The molecule has 0 aliphatic rings. The Bertz CT molecular complexity index is 650. The molecule has 0 heterocycles. The first-order valence-electron chi connectivity index (χ1n) is 7.85. The predicted octanol–water partition coefficient (Wildman–Crippen LogP) is 4.63. The van der Waals surface area contributed by atoms with Gasteiger partial charge in [0.2, 0.25) is 0 Å². The third kappa shape index (κ3) is 4.55. The maximum Gasteiger partial charge on any atom is 0.193 e. The van der Waals surface area contributed by atoms with Crippen LogP contribution in [0.25, 0.3) is 0 Å². The number of carbonyl (C=O) groups is 1. The van der Waals surface area contributed by atoms with E-state index in [-0.39, 0.29) is 11.6 Å². The van der Waals surface area contributed by atoms with Crippen molar-refractivity contribution in [1.29, 1.82) is 0 Å². The Morgan fingerprint density at radius 1 is 0.870 bits per heavy atom. The molecule has 0 radical (unpaired) electrons. The molecule has 23 heavy (non-hydrogen) atoms. The van der Waals surface area contributed by atoms with Crippen LogP contribution in [-0.2, 0) is 0 Å². The third-order valence-corrected chi connectivity index (χ3v) is 3.24. The van der Waals surface area contributed by atoms with E-state index in [0.717, 1.165) is 12.8 Å². The molecule has 2 rings (SSSR count). The Morgan fingerprint density at radius 3 is 2.04 bits per heavy atom. The van der Waals surface area contributed by atoms with Gasteiger partial charge >= 0.3 is 0 Å². The topological polar surface area (TPSA) is 35.5 Å². The van der Waals surface area contributed by atoms with Crippen molar-refractivity contribution in [2.24, 2.45) is 0 Å². The van der Waals surface area contributed by atoms with Gasteiger partial charge in [-0.2, -0.15) is 0 Å². The smallest absolute Gasteiger partial charge is 0.193 e. The third-order valence-electron chi connectivity index (χ3n) is 3.24. The second-order valence-corrected chi connectivity index (χ2v) is 5.19. The largest absolute Gasteiger partial charge is 0.490 e. The first-order chi connectivity index (χ1) is 11.2. The lowest BCUT2D eigenvalue weighted by molar-refractivity contribution is 0.103. The van der Waals surface area contributed by atoms with Gasteiger partial charge in [0.05, 0.1) is 13.2 Å². The summed E-state index contributed by atoms with van der Waals surface area (Å²) in [5.74, 6) is 0.662. The highest BCUT2D eigenvalue weighted by molar-refractivity contribution is 6.09. The summed E-state index contributed by atoms with van der Waals surface area (Å²) < 4.78 is 24.3.